The molecule has 1 fully saturated rings. The normalized spacial score (nSPS) is 17.0. The van der Waals surface area contributed by atoms with Crippen molar-refractivity contribution < 1.29 is 31.4 Å². The number of nitrogens with one attached hydrogen (secondary N) is 1. The van der Waals surface area contributed by atoms with Crippen molar-refractivity contribution >= 4 is 26.6 Å². The molecule has 40 heavy (non-hydrogen) atoms. The third kappa shape index (κ3) is 5.68. The summed E-state index contributed by atoms with van der Waals surface area (Å²) in [5.41, 5.74) is 2.22. The van der Waals surface area contributed by atoms with Gasteiger partial charge in [-0.25, -0.2) is 32.2 Å². The summed E-state index contributed by atoms with van der Waals surface area (Å²) in [6, 6.07) is 7.42. The number of halogens is 2. The van der Waals surface area contributed by atoms with Gasteiger partial charge in [-0.05, 0) is 56.7 Å². The van der Waals surface area contributed by atoms with Crippen LogP contribution in [0.4, 0.5) is 14.5 Å². The van der Waals surface area contributed by atoms with Crippen molar-refractivity contribution in [3.8, 4) is 22.8 Å². The van der Waals surface area contributed by atoms with Crippen LogP contribution in [0, 0.1) is 18.6 Å². The SMILES string of the molecule is COc1ncc(-c2cc(OC3CCOC(C)(C)C3)c3ncnc(C)c3c2)cc1NS(=O)(=O)c1ccc(F)cc1F. The van der Waals surface area contributed by atoms with Gasteiger partial charge in [0.05, 0.1) is 19.3 Å². The zero-order valence-electron chi connectivity index (χ0n) is 22.4. The first-order valence-corrected chi connectivity index (χ1v) is 14.0. The molecule has 1 atom stereocenters. The molecule has 1 aliphatic rings. The topological polar surface area (TPSA) is 113 Å². The Morgan fingerprint density at radius 3 is 2.60 bits per heavy atom. The van der Waals surface area contributed by atoms with E-state index in [4.69, 9.17) is 14.2 Å². The fourth-order valence-electron chi connectivity index (χ4n) is 4.71. The highest BCUT2D eigenvalue weighted by molar-refractivity contribution is 7.92. The zero-order valence-corrected chi connectivity index (χ0v) is 23.2. The number of sulfonamides is 1. The van der Waals surface area contributed by atoms with Crippen LogP contribution in [0.1, 0.15) is 32.4 Å². The quantitative estimate of drug-likeness (QED) is 0.313. The maximum atomic E-state index is 14.3. The number of anilines is 1. The Bertz CT molecular complexity index is 1700. The number of benzene rings is 2. The number of hydrogen-bond acceptors (Lipinski definition) is 8. The predicted molar refractivity (Wildman–Crippen MR) is 145 cm³/mol. The minimum Gasteiger partial charge on any atom is -0.488 e. The van der Waals surface area contributed by atoms with Crippen molar-refractivity contribution in [2.75, 3.05) is 18.4 Å². The second kappa shape index (κ2) is 10.6. The van der Waals surface area contributed by atoms with Gasteiger partial charge in [-0.3, -0.25) is 4.72 Å². The lowest BCUT2D eigenvalue weighted by Gasteiger charge is -2.35. The number of nitrogens with zero attached hydrogens (tertiary/aromatic N) is 3. The third-order valence-corrected chi connectivity index (χ3v) is 8.05. The van der Waals surface area contributed by atoms with E-state index in [0.717, 1.165) is 29.6 Å². The number of ether oxygens (including phenoxy) is 3. The summed E-state index contributed by atoms with van der Waals surface area (Å²) in [5, 5.41) is 0.757. The van der Waals surface area contributed by atoms with E-state index in [9.17, 15) is 17.2 Å². The Morgan fingerprint density at radius 1 is 1.07 bits per heavy atom. The second-order valence-corrected chi connectivity index (χ2v) is 11.8. The van der Waals surface area contributed by atoms with Gasteiger partial charge >= 0.3 is 0 Å². The van der Waals surface area contributed by atoms with E-state index in [1.54, 1.807) is 0 Å². The van der Waals surface area contributed by atoms with Gasteiger partial charge in [0.25, 0.3) is 10.0 Å². The Labute approximate surface area is 230 Å². The number of methoxy groups -OCH3 is 1. The van der Waals surface area contributed by atoms with Gasteiger partial charge in [-0.15, -0.1) is 0 Å². The molecule has 1 aliphatic heterocycles. The van der Waals surface area contributed by atoms with Crippen molar-refractivity contribution in [3.63, 3.8) is 0 Å². The molecule has 1 N–H and O–H groups in total. The largest absolute Gasteiger partial charge is 0.488 e. The Balaban J connectivity index is 1.56. The first-order valence-electron chi connectivity index (χ1n) is 12.5. The number of hydrogen-bond donors (Lipinski definition) is 1. The number of rotatable bonds is 7. The first kappa shape index (κ1) is 27.7. The molecule has 0 radical (unpaired) electrons. The summed E-state index contributed by atoms with van der Waals surface area (Å²) in [6.07, 6.45) is 4.32. The summed E-state index contributed by atoms with van der Waals surface area (Å²) in [5.74, 6) is -1.60. The number of pyridine rings is 1. The lowest BCUT2D eigenvalue weighted by Crippen LogP contribution is -2.39. The smallest absolute Gasteiger partial charge is 0.264 e. The molecular weight excluding hydrogens is 542 g/mol. The average molecular weight is 571 g/mol. The van der Waals surface area contributed by atoms with Crippen molar-refractivity contribution in [1.82, 2.24) is 15.0 Å². The highest BCUT2D eigenvalue weighted by Crippen LogP contribution is 2.37. The molecule has 5 rings (SSSR count). The fourth-order valence-corrected chi connectivity index (χ4v) is 5.82. The van der Waals surface area contributed by atoms with Crippen LogP contribution in [-0.2, 0) is 14.8 Å². The van der Waals surface area contributed by atoms with E-state index < -0.39 is 26.6 Å². The number of aromatic nitrogens is 3. The lowest BCUT2D eigenvalue weighted by atomic mass is 9.95. The van der Waals surface area contributed by atoms with Crippen LogP contribution in [0.5, 0.6) is 11.6 Å². The van der Waals surface area contributed by atoms with Gasteiger partial charge in [-0.2, -0.15) is 0 Å². The molecular formula is C28H28F2N4O5S. The van der Waals surface area contributed by atoms with E-state index in [1.807, 2.05) is 32.9 Å². The molecule has 1 unspecified atom stereocenters. The van der Waals surface area contributed by atoms with Crippen LogP contribution in [0.15, 0.2) is 53.8 Å². The monoisotopic (exact) mass is 570 g/mol. The van der Waals surface area contributed by atoms with Crippen molar-refractivity contribution in [2.24, 2.45) is 0 Å². The van der Waals surface area contributed by atoms with E-state index in [-0.39, 0.29) is 23.3 Å². The summed E-state index contributed by atoms with van der Waals surface area (Å²) in [6.45, 7) is 6.47. The molecule has 4 aromatic rings. The molecule has 9 nitrogen and oxygen atoms in total. The fraction of sp³-hybridized carbons (Fsp3) is 0.321. The van der Waals surface area contributed by atoms with E-state index in [1.165, 1.54) is 25.7 Å². The van der Waals surface area contributed by atoms with Gasteiger partial charge in [0.2, 0.25) is 5.88 Å². The van der Waals surface area contributed by atoms with E-state index >= 15 is 0 Å². The van der Waals surface area contributed by atoms with E-state index in [2.05, 4.69) is 19.7 Å². The minimum atomic E-state index is -4.44. The third-order valence-electron chi connectivity index (χ3n) is 6.65. The van der Waals surface area contributed by atoms with Crippen LogP contribution >= 0.6 is 0 Å². The van der Waals surface area contributed by atoms with Gasteiger partial charge in [0.15, 0.2) is 0 Å². The molecule has 3 heterocycles. The molecule has 210 valence electrons. The molecule has 1 saturated heterocycles. The standard InChI is InChI=1S/C28H28F2N4O5S/c1-16-21-9-17(11-24(26(21)33-15-32-16)39-20-7-8-38-28(2,3)13-20)18-10-23(27(37-4)31-14-18)34-40(35,36)25-6-5-19(29)12-22(25)30/h5-6,9-12,14-15,20,34H,7-8,13H2,1-4H3. The summed E-state index contributed by atoms with van der Waals surface area (Å²) < 4.78 is 73.5. The molecule has 2 aromatic carbocycles. The van der Waals surface area contributed by atoms with Crippen molar-refractivity contribution in [3.05, 3.63) is 66.3 Å². The van der Waals surface area contributed by atoms with Crippen LogP contribution in [0.3, 0.4) is 0 Å². The van der Waals surface area contributed by atoms with E-state index in [0.29, 0.717) is 41.5 Å². The average Bonchev–Trinajstić information content (AvgIpc) is 2.88. The highest BCUT2D eigenvalue weighted by atomic mass is 32.2. The molecule has 12 heteroatoms. The van der Waals surface area contributed by atoms with Crippen molar-refractivity contribution in [1.29, 1.82) is 0 Å². The molecule has 0 aliphatic carbocycles. The van der Waals surface area contributed by atoms with Gasteiger partial charge in [-0.1, -0.05) is 0 Å². The molecule has 0 amide bonds. The number of aryl methyl sites for hydroxylation is 1. The predicted octanol–water partition coefficient (Wildman–Crippen LogP) is 5.42. The van der Waals surface area contributed by atoms with Crippen LogP contribution in [0.25, 0.3) is 22.0 Å². The first-order chi connectivity index (χ1) is 19.0. The minimum absolute atomic E-state index is 0.0292. The Hall–Kier alpha value is -3.90. The number of fused-ring (bicyclic) bond motifs is 1. The highest BCUT2D eigenvalue weighted by Gasteiger charge is 2.31. The molecule has 0 spiro atoms. The van der Waals surface area contributed by atoms with Crippen LogP contribution in [-0.4, -0.2) is 48.8 Å². The van der Waals surface area contributed by atoms with Gasteiger partial charge < -0.3 is 14.2 Å². The zero-order chi connectivity index (χ0) is 28.7. The maximum Gasteiger partial charge on any atom is 0.264 e. The van der Waals surface area contributed by atoms with Crippen LogP contribution in [0.2, 0.25) is 0 Å². The van der Waals surface area contributed by atoms with Gasteiger partial charge in [0, 0.05) is 41.7 Å². The van der Waals surface area contributed by atoms with Gasteiger partial charge in [0.1, 0.15) is 45.9 Å². The summed E-state index contributed by atoms with van der Waals surface area (Å²) >= 11 is 0. The Kier molecular flexibility index (Phi) is 7.32. The maximum absolute atomic E-state index is 14.3. The second-order valence-electron chi connectivity index (χ2n) is 10.1. The van der Waals surface area contributed by atoms with Crippen LogP contribution < -0.4 is 14.2 Å². The summed E-state index contributed by atoms with van der Waals surface area (Å²) in [4.78, 5) is 12.3. The molecule has 0 bridgehead atoms. The summed E-state index contributed by atoms with van der Waals surface area (Å²) in [7, 11) is -3.11. The lowest BCUT2D eigenvalue weighted by molar-refractivity contribution is -0.0894. The van der Waals surface area contributed by atoms with Crippen molar-refractivity contribution in [2.45, 2.75) is 50.2 Å². The Morgan fingerprint density at radius 2 is 1.88 bits per heavy atom. The molecule has 0 saturated carbocycles. The molecule has 2 aromatic heterocycles.